The molecule has 4 aliphatic carbocycles. The highest BCUT2D eigenvalue weighted by Gasteiger charge is 2.60. The van der Waals surface area contributed by atoms with E-state index in [4.69, 9.17) is 4.74 Å². The molecule has 2 amide bonds. The summed E-state index contributed by atoms with van der Waals surface area (Å²) in [6.45, 7) is -0.550. The molecule has 2 unspecified atom stereocenters. The van der Waals surface area contributed by atoms with Gasteiger partial charge in [0.05, 0.1) is 16.6 Å². The SMILES string of the molecule is O=C(COC(=O)C12C[C@@H]3C[C@@H](CC(O)(C3)C1)C2)NNC(=O)c1ccccc1F. The topological polar surface area (TPSA) is 105 Å². The van der Waals surface area contributed by atoms with Crippen LogP contribution in [0.2, 0.25) is 0 Å². The summed E-state index contributed by atoms with van der Waals surface area (Å²) in [7, 11) is 0. The van der Waals surface area contributed by atoms with Crippen molar-refractivity contribution in [1.29, 1.82) is 0 Å². The molecule has 4 bridgehead atoms. The lowest BCUT2D eigenvalue weighted by Gasteiger charge is -2.58. The van der Waals surface area contributed by atoms with Gasteiger partial charge in [0.1, 0.15) is 5.82 Å². The van der Waals surface area contributed by atoms with E-state index in [1.807, 2.05) is 0 Å². The Labute approximate surface area is 161 Å². The molecule has 4 atom stereocenters. The van der Waals surface area contributed by atoms with Gasteiger partial charge in [-0.3, -0.25) is 25.2 Å². The van der Waals surface area contributed by atoms with Gasteiger partial charge in [-0.25, -0.2) is 4.39 Å². The number of benzene rings is 1. The summed E-state index contributed by atoms with van der Waals surface area (Å²) in [6.07, 6.45) is 4.28. The van der Waals surface area contributed by atoms with E-state index in [9.17, 15) is 23.9 Å². The number of esters is 1. The summed E-state index contributed by atoms with van der Waals surface area (Å²) in [4.78, 5) is 36.5. The fourth-order valence-electron chi connectivity index (χ4n) is 5.61. The molecule has 4 saturated carbocycles. The molecule has 0 heterocycles. The van der Waals surface area contributed by atoms with Crippen molar-refractivity contribution in [2.45, 2.75) is 44.1 Å². The molecular weight excluding hydrogens is 367 g/mol. The van der Waals surface area contributed by atoms with Crippen LogP contribution in [0.5, 0.6) is 0 Å². The van der Waals surface area contributed by atoms with Crippen molar-refractivity contribution in [2.24, 2.45) is 17.3 Å². The third-order valence-corrected chi connectivity index (χ3v) is 6.23. The predicted octanol–water partition coefficient (Wildman–Crippen LogP) is 1.46. The van der Waals surface area contributed by atoms with Gasteiger partial charge in [0.15, 0.2) is 6.61 Å². The van der Waals surface area contributed by atoms with Gasteiger partial charge in [0.25, 0.3) is 11.8 Å². The van der Waals surface area contributed by atoms with E-state index in [0.29, 0.717) is 31.1 Å². The monoisotopic (exact) mass is 390 g/mol. The van der Waals surface area contributed by atoms with E-state index in [1.165, 1.54) is 18.2 Å². The summed E-state index contributed by atoms with van der Waals surface area (Å²) in [5, 5.41) is 10.7. The number of hydrazine groups is 1. The summed E-state index contributed by atoms with van der Waals surface area (Å²) in [5.41, 5.74) is 2.50. The minimum absolute atomic E-state index is 0.207. The second-order valence-corrected chi connectivity index (χ2v) is 8.52. The molecule has 28 heavy (non-hydrogen) atoms. The lowest BCUT2D eigenvalue weighted by atomic mass is 9.48. The first-order chi connectivity index (χ1) is 13.3. The summed E-state index contributed by atoms with van der Waals surface area (Å²) < 4.78 is 18.8. The maximum Gasteiger partial charge on any atom is 0.312 e. The van der Waals surface area contributed by atoms with Crippen LogP contribution in [0, 0.1) is 23.1 Å². The Morgan fingerprint density at radius 3 is 2.43 bits per heavy atom. The standard InChI is InChI=1S/C20H23FN2O5/c21-15-4-2-1-3-14(15)17(25)23-22-16(24)10-28-18(26)19-6-12-5-13(7-19)9-20(27,8-12)11-19/h1-4,12-13,27H,5-11H2,(H,22,24)(H,23,25)/t12-,13+,19?,20?. The Morgan fingerprint density at radius 2 is 1.79 bits per heavy atom. The van der Waals surface area contributed by atoms with Gasteiger partial charge in [0, 0.05) is 0 Å². The Balaban J connectivity index is 1.29. The van der Waals surface area contributed by atoms with E-state index >= 15 is 0 Å². The number of ether oxygens (including phenoxy) is 1. The Morgan fingerprint density at radius 1 is 1.11 bits per heavy atom. The predicted molar refractivity (Wildman–Crippen MR) is 95.0 cm³/mol. The summed E-state index contributed by atoms with van der Waals surface area (Å²) in [5.74, 6) is -2.04. The van der Waals surface area contributed by atoms with Crippen LogP contribution in [0.15, 0.2) is 24.3 Å². The Kier molecular flexibility index (Phi) is 4.61. The fourth-order valence-corrected chi connectivity index (χ4v) is 5.61. The first-order valence-electron chi connectivity index (χ1n) is 9.52. The molecule has 1 aromatic rings. The van der Waals surface area contributed by atoms with E-state index in [2.05, 4.69) is 10.9 Å². The zero-order valence-corrected chi connectivity index (χ0v) is 15.4. The van der Waals surface area contributed by atoms with Crippen LogP contribution in [-0.4, -0.2) is 35.1 Å². The van der Waals surface area contributed by atoms with Crippen LogP contribution in [0.1, 0.15) is 48.9 Å². The molecule has 7 nitrogen and oxygen atoms in total. The van der Waals surface area contributed by atoms with Crippen LogP contribution in [0.4, 0.5) is 4.39 Å². The molecule has 5 rings (SSSR count). The zero-order valence-electron chi connectivity index (χ0n) is 15.4. The van der Waals surface area contributed by atoms with Crippen LogP contribution in [-0.2, 0) is 14.3 Å². The van der Waals surface area contributed by atoms with Crippen LogP contribution < -0.4 is 10.9 Å². The van der Waals surface area contributed by atoms with Crippen LogP contribution in [0.25, 0.3) is 0 Å². The minimum atomic E-state index is -0.805. The molecule has 0 saturated heterocycles. The lowest BCUT2D eigenvalue weighted by Crippen LogP contribution is -2.58. The van der Waals surface area contributed by atoms with Crippen molar-refractivity contribution < 1.29 is 28.6 Å². The number of hydrogen-bond acceptors (Lipinski definition) is 5. The van der Waals surface area contributed by atoms with Crippen molar-refractivity contribution in [1.82, 2.24) is 10.9 Å². The molecule has 4 fully saturated rings. The van der Waals surface area contributed by atoms with Gasteiger partial charge in [0.2, 0.25) is 0 Å². The van der Waals surface area contributed by atoms with Gasteiger partial charge in [-0.1, -0.05) is 12.1 Å². The summed E-state index contributed by atoms with van der Waals surface area (Å²) in [6, 6.07) is 5.37. The first-order valence-corrected chi connectivity index (χ1v) is 9.52. The highest BCUT2D eigenvalue weighted by Crippen LogP contribution is 2.61. The molecule has 3 N–H and O–H groups in total. The second-order valence-electron chi connectivity index (χ2n) is 8.52. The Bertz CT molecular complexity index is 813. The number of carbonyl (C=O) groups excluding carboxylic acids is 3. The number of rotatable bonds is 4. The van der Waals surface area contributed by atoms with Gasteiger partial charge in [-0.2, -0.15) is 0 Å². The maximum absolute atomic E-state index is 13.5. The largest absolute Gasteiger partial charge is 0.455 e. The normalized spacial score (nSPS) is 32.6. The van der Waals surface area contributed by atoms with Gasteiger partial charge >= 0.3 is 5.97 Å². The number of amides is 2. The number of nitrogens with one attached hydrogen (secondary N) is 2. The van der Waals surface area contributed by atoms with Crippen molar-refractivity contribution in [2.75, 3.05) is 6.61 Å². The molecule has 0 aromatic heterocycles. The molecule has 0 spiro atoms. The van der Waals surface area contributed by atoms with Gasteiger partial charge in [-0.05, 0) is 62.5 Å². The summed E-state index contributed by atoms with van der Waals surface area (Å²) >= 11 is 0. The second kappa shape index (κ2) is 6.84. The lowest BCUT2D eigenvalue weighted by molar-refractivity contribution is -0.196. The molecule has 8 heteroatoms. The molecule has 1 aromatic carbocycles. The highest BCUT2D eigenvalue weighted by atomic mass is 19.1. The van der Waals surface area contributed by atoms with Crippen molar-refractivity contribution in [3.8, 4) is 0 Å². The number of hydrogen-bond donors (Lipinski definition) is 3. The number of halogens is 1. The Hall–Kier alpha value is -2.48. The van der Waals surface area contributed by atoms with Crippen molar-refractivity contribution >= 4 is 17.8 Å². The minimum Gasteiger partial charge on any atom is -0.455 e. The number of carbonyl (C=O) groups is 3. The van der Waals surface area contributed by atoms with E-state index in [-0.39, 0.29) is 5.56 Å². The van der Waals surface area contributed by atoms with E-state index in [0.717, 1.165) is 25.3 Å². The molecule has 0 aliphatic heterocycles. The average Bonchev–Trinajstić information content (AvgIpc) is 2.62. The molecule has 0 radical (unpaired) electrons. The average molecular weight is 390 g/mol. The highest BCUT2D eigenvalue weighted by molar-refractivity contribution is 5.95. The zero-order chi connectivity index (χ0) is 19.9. The fraction of sp³-hybridized carbons (Fsp3) is 0.550. The van der Waals surface area contributed by atoms with Gasteiger partial charge < -0.3 is 9.84 Å². The third-order valence-electron chi connectivity index (χ3n) is 6.23. The van der Waals surface area contributed by atoms with Crippen LogP contribution in [0.3, 0.4) is 0 Å². The van der Waals surface area contributed by atoms with E-state index < -0.39 is 41.2 Å². The van der Waals surface area contributed by atoms with Gasteiger partial charge in [-0.15, -0.1) is 0 Å². The first kappa shape index (κ1) is 18.9. The van der Waals surface area contributed by atoms with Crippen molar-refractivity contribution in [3.63, 3.8) is 0 Å². The smallest absolute Gasteiger partial charge is 0.312 e. The quantitative estimate of drug-likeness (QED) is 0.533. The van der Waals surface area contributed by atoms with Crippen molar-refractivity contribution in [3.05, 3.63) is 35.6 Å². The molecule has 4 aliphatic rings. The number of aliphatic hydroxyl groups is 1. The maximum atomic E-state index is 13.5. The molecular formula is C20H23FN2O5. The van der Waals surface area contributed by atoms with Crippen LogP contribution >= 0.6 is 0 Å². The van der Waals surface area contributed by atoms with E-state index in [1.54, 1.807) is 0 Å². The third kappa shape index (κ3) is 3.48. The molecule has 150 valence electrons.